The van der Waals surface area contributed by atoms with Gasteiger partial charge in [0.05, 0.1) is 11.9 Å². The Morgan fingerprint density at radius 1 is 1.47 bits per heavy atom. The summed E-state index contributed by atoms with van der Waals surface area (Å²) in [7, 11) is 0. The zero-order chi connectivity index (χ0) is 12.4. The lowest BCUT2D eigenvalue weighted by Crippen LogP contribution is -2.45. The number of β-amino-alcohol motifs (C(OH)–C–C–N with tert-alkyl or cyclic N) is 1. The Hall–Kier alpha value is -1.16. The standard InChI is InChI=1S/C13H19FN2O/c1-9(2)12-4-3-10(7-15-12)16-6-5-11(14)13(17)8-16/h3-4,7,9,11,13,17H,5-6,8H2,1-2H3/t11-,13+/m0/s1. The second-order valence-electron chi connectivity index (χ2n) is 4.91. The molecule has 1 aromatic rings. The van der Waals surface area contributed by atoms with Crippen LogP contribution in [0.1, 0.15) is 31.9 Å². The molecule has 4 heteroatoms. The maximum absolute atomic E-state index is 13.1. The van der Waals surface area contributed by atoms with Crippen LogP contribution in [0.15, 0.2) is 18.3 Å². The van der Waals surface area contributed by atoms with Gasteiger partial charge in [-0.1, -0.05) is 13.8 Å². The number of nitrogens with zero attached hydrogens (tertiary/aromatic N) is 2. The summed E-state index contributed by atoms with van der Waals surface area (Å²) in [5, 5.41) is 9.52. The summed E-state index contributed by atoms with van der Waals surface area (Å²) in [5.74, 6) is 0.409. The van der Waals surface area contributed by atoms with Crippen LogP contribution in [0, 0.1) is 0 Å². The van der Waals surface area contributed by atoms with Crippen molar-refractivity contribution in [3.63, 3.8) is 0 Å². The van der Waals surface area contributed by atoms with Gasteiger partial charge in [0.25, 0.3) is 0 Å². The summed E-state index contributed by atoms with van der Waals surface area (Å²) < 4.78 is 13.1. The Morgan fingerprint density at radius 2 is 2.24 bits per heavy atom. The number of aliphatic hydroxyl groups excluding tert-OH is 1. The number of piperidine rings is 1. The lowest BCUT2D eigenvalue weighted by atomic mass is 10.1. The fourth-order valence-electron chi connectivity index (χ4n) is 2.06. The van der Waals surface area contributed by atoms with E-state index >= 15 is 0 Å². The number of aromatic nitrogens is 1. The molecule has 0 saturated carbocycles. The van der Waals surface area contributed by atoms with E-state index in [-0.39, 0.29) is 0 Å². The van der Waals surface area contributed by atoms with Gasteiger partial charge < -0.3 is 10.0 Å². The average Bonchev–Trinajstić information content (AvgIpc) is 2.33. The van der Waals surface area contributed by atoms with E-state index in [9.17, 15) is 9.50 Å². The summed E-state index contributed by atoms with van der Waals surface area (Å²) in [6.45, 7) is 5.19. The van der Waals surface area contributed by atoms with Gasteiger partial charge in [0.2, 0.25) is 0 Å². The fraction of sp³-hybridized carbons (Fsp3) is 0.615. The number of anilines is 1. The van der Waals surface area contributed by atoms with E-state index in [1.165, 1.54) is 0 Å². The maximum atomic E-state index is 13.1. The van der Waals surface area contributed by atoms with Crippen molar-refractivity contribution < 1.29 is 9.50 Å². The van der Waals surface area contributed by atoms with Crippen LogP contribution in [-0.4, -0.2) is 35.5 Å². The lowest BCUT2D eigenvalue weighted by molar-refractivity contribution is 0.0645. The van der Waals surface area contributed by atoms with Gasteiger partial charge in [0.1, 0.15) is 12.3 Å². The molecule has 1 saturated heterocycles. The second kappa shape index (κ2) is 5.00. The largest absolute Gasteiger partial charge is 0.388 e. The third kappa shape index (κ3) is 2.75. The number of alkyl halides is 1. The molecule has 1 aliphatic heterocycles. The fourth-order valence-corrected chi connectivity index (χ4v) is 2.06. The minimum absolute atomic E-state index is 0.351. The van der Waals surface area contributed by atoms with Crippen LogP contribution in [0.4, 0.5) is 10.1 Å². The van der Waals surface area contributed by atoms with Gasteiger partial charge in [-0.05, 0) is 24.5 Å². The van der Waals surface area contributed by atoms with Crippen LogP contribution in [-0.2, 0) is 0 Å². The van der Waals surface area contributed by atoms with E-state index in [1.807, 2.05) is 17.0 Å². The van der Waals surface area contributed by atoms with Crippen molar-refractivity contribution >= 4 is 5.69 Å². The van der Waals surface area contributed by atoms with Crippen molar-refractivity contribution in [1.29, 1.82) is 0 Å². The minimum Gasteiger partial charge on any atom is -0.388 e. The van der Waals surface area contributed by atoms with Crippen LogP contribution in [0.3, 0.4) is 0 Å². The van der Waals surface area contributed by atoms with Gasteiger partial charge in [-0.25, -0.2) is 4.39 Å². The summed E-state index contributed by atoms with van der Waals surface area (Å²) >= 11 is 0. The first-order valence-electron chi connectivity index (χ1n) is 6.11. The minimum atomic E-state index is -1.09. The van der Waals surface area contributed by atoms with Crippen molar-refractivity contribution in [3.05, 3.63) is 24.0 Å². The molecule has 1 aliphatic rings. The van der Waals surface area contributed by atoms with Crippen LogP contribution >= 0.6 is 0 Å². The maximum Gasteiger partial charge on any atom is 0.129 e. The van der Waals surface area contributed by atoms with Gasteiger partial charge in [-0.15, -0.1) is 0 Å². The highest BCUT2D eigenvalue weighted by Gasteiger charge is 2.27. The molecule has 0 aliphatic carbocycles. The van der Waals surface area contributed by atoms with Crippen LogP contribution < -0.4 is 4.90 Å². The molecule has 0 aromatic carbocycles. The predicted molar refractivity (Wildman–Crippen MR) is 66.1 cm³/mol. The monoisotopic (exact) mass is 238 g/mol. The number of aliphatic hydroxyl groups is 1. The highest BCUT2D eigenvalue weighted by atomic mass is 19.1. The molecule has 3 nitrogen and oxygen atoms in total. The number of hydrogen-bond acceptors (Lipinski definition) is 3. The molecule has 0 amide bonds. The summed E-state index contributed by atoms with van der Waals surface area (Å²) in [6, 6.07) is 3.99. The van der Waals surface area contributed by atoms with E-state index in [0.29, 0.717) is 25.4 Å². The first-order chi connectivity index (χ1) is 8.08. The number of halogens is 1. The molecule has 2 atom stereocenters. The van der Waals surface area contributed by atoms with E-state index in [4.69, 9.17) is 0 Å². The molecule has 2 heterocycles. The lowest BCUT2D eigenvalue weighted by Gasteiger charge is -2.33. The number of pyridine rings is 1. The molecule has 0 spiro atoms. The number of rotatable bonds is 2. The molecule has 2 rings (SSSR count). The average molecular weight is 238 g/mol. The van der Waals surface area contributed by atoms with Gasteiger partial charge in [-0.2, -0.15) is 0 Å². The quantitative estimate of drug-likeness (QED) is 0.857. The molecular formula is C13H19FN2O. The Labute approximate surface area is 101 Å². The first kappa shape index (κ1) is 12.3. The van der Waals surface area contributed by atoms with E-state index < -0.39 is 12.3 Å². The zero-order valence-electron chi connectivity index (χ0n) is 10.3. The van der Waals surface area contributed by atoms with Crippen molar-refractivity contribution in [1.82, 2.24) is 4.98 Å². The van der Waals surface area contributed by atoms with Crippen molar-refractivity contribution in [2.24, 2.45) is 0 Å². The molecule has 1 N–H and O–H groups in total. The van der Waals surface area contributed by atoms with Gasteiger partial charge >= 0.3 is 0 Å². The van der Waals surface area contributed by atoms with E-state index in [1.54, 1.807) is 6.20 Å². The molecule has 17 heavy (non-hydrogen) atoms. The van der Waals surface area contributed by atoms with Gasteiger partial charge in [-0.3, -0.25) is 4.98 Å². The zero-order valence-corrected chi connectivity index (χ0v) is 10.3. The van der Waals surface area contributed by atoms with Gasteiger partial charge in [0.15, 0.2) is 0 Å². The Balaban J connectivity index is 2.07. The third-order valence-electron chi connectivity index (χ3n) is 3.23. The van der Waals surface area contributed by atoms with Crippen molar-refractivity contribution in [3.8, 4) is 0 Å². The molecule has 1 fully saturated rings. The third-order valence-corrected chi connectivity index (χ3v) is 3.23. The smallest absolute Gasteiger partial charge is 0.129 e. The number of hydrogen-bond donors (Lipinski definition) is 1. The Bertz CT molecular complexity index is 366. The molecule has 0 unspecified atom stereocenters. The highest BCUT2D eigenvalue weighted by molar-refractivity contribution is 5.45. The van der Waals surface area contributed by atoms with E-state index in [0.717, 1.165) is 11.4 Å². The van der Waals surface area contributed by atoms with Crippen LogP contribution in [0.2, 0.25) is 0 Å². The normalized spacial score (nSPS) is 25.4. The topological polar surface area (TPSA) is 36.4 Å². The summed E-state index contributed by atoms with van der Waals surface area (Å²) in [6.07, 6.45) is 0.218. The second-order valence-corrected chi connectivity index (χ2v) is 4.91. The SMILES string of the molecule is CC(C)c1ccc(N2CC[C@H](F)[C@H](O)C2)cn1. The Kier molecular flexibility index (Phi) is 3.62. The van der Waals surface area contributed by atoms with Crippen molar-refractivity contribution in [2.75, 3.05) is 18.0 Å². The summed E-state index contributed by atoms with van der Waals surface area (Å²) in [4.78, 5) is 6.36. The van der Waals surface area contributed by atoms with Gasteiger partial charge in [0, 0.05) is 18.8 Å². The predicted octanol–water partition coefficient (Wildman–Crippen LogP) is 2.11. The molecule has 1 aromatic heterocycles. The molecule has 0 radical (unpaired) electrons. The van der Waals surface area contributed by atoms with Crippen molar-refractivity contribution in [2.45, 2.75) is 38.5 Å². The molecular weight excluding hydrogens is 219 g/mol. The molecule has 94 valence electrons. The van der Waals surface area contributed by atoms with Crippen LogP contribution in [0.25, 0.3) is 0 Å². The van der Waals surface area contributed by atoms with Crippen LogP contribution in [0.5, 0.6) is 0 Å². The Morgan fingerprint density at radius 3 is 2.76 bits per heavy atom. The van der Waals surface area contributed by atoms with E-state index in [2.05, 4.69) is 18.8 Å². The summed E-state index contributed by atoms with van der Waals surface area (Å²) in [5.41, 5.74) is 2.01. The first-order valence-corrected chi connectivity index (χ1v) is 6.11. The molecule has 0 bridgehead atoms. The highest BCUT2D eigenvalue weighted by Crippen LogP contribution is 2.22.